The van der Waals surface area contributed by atoms with Crippen molar-refractivity contribution in [3.05, 3.63) is 89.0 Å². The van der Waals surface area contributed by atoms with Crippen molar-refractivity contribution in [3.63, 3.8) is 0 Å². The molecule has 0 saturated heterocycles. The first kappa shape index (κ1) is 24.8. The molecule has 0 aliphatic rings. The number of ether oxygens (including phenoxy) is 1. The number of rotatable bonds is 7. The monoisotopic (exact) mass is 471 g/mol. The van der Waals surface area contributed by atoms with Crippen LogP contribution in [0.3, 0.4) is 0 Å². The molecule has 0 bridgehead atoms. The Morgan fingerprint density at radius 1 is 1.00 bits per heavy atom. The van der Waals surface area contributed by atoms with Gasteiger partial charge >= 0.3 is 12.1 Å². The van der Waals surface area contributed by atoms with Crippen LogP contribution in [0.1, 0.15) is 52.6 Å². The Labute approximate surface area is 195 Å². The number of hydrogen-bond acceptors (Lipinski definition) is 3. The molecule has 5 nitrogen and oxygen atoms in total. The van der Waals surface area contributed by atoms with Crippen molar-refractivity contribution in [2.45, 2.75) is 39.4 Å². The minimum atomic E-state index is -4.64. The number of carbonyl (C=O) groups excluding carboxylic acids is 1. The van der Waals surface area contributed by atoms with Crippen LogP contribution in [0.4, 0.5) is 18.9 Å². The van der Waals surface area contributed by atoms with E-state index >= 15 is 0 Å². The molecule has 3 rings (SSSR count). The average molecular weight is 471 g/mol. The maximum absolute atomic E-state index is 13.3. The fourth-order valence-corrected chi connectivity index (χ4v) is 3.52. The molecule has 0 atom stereocenters. The SMILES string of the molecule is CCc1ccc(C(=O)N(c2ccc(Oc3ccccc3C(F)(F)F)cc2C(=O)O)C(C)C)cc1. The quantitative estimate of drug-likeness (QED) is 0.411. The van der Waals surface area contributed by atoms with Crippen molar-refractivity contribution in [2.75, 3.05) is 4.90 Å². The normalized spacial score (nSPS) is 11.4. The fourth-order valence-electron chi connectivity index (χ4n) is 3.52. The number of anilines is 1. The Morgan fingerprint density at radius 3 is 2.21 bits per heavy atom. The first-order valence-electron chi connectivity index (χ1n) is 10.7. The van der Waals surface area contributed by atoms with E-state index in [0.29, 0.717) is 5.56 Å². The molecule has 34 heavy (non-hydrogen) atoms. The molecular weight excluding hydrogens is 447 g/mol. The molecule has 0 heterocycles. The zero-order valence-corrected chi connectivity index (χ0v) is 18.9. The standard InChI is InChI=1S/C26H24F3NO4/c1-4-17-9-11-18(12-10-17)24(31)30(16(2)3)22-14-13-19(15-20(22)25(32)33)34-23-8-6-5-7-21(23)26(27,28)29/h5-16H,4H2,1-3H3,(H,32,33). The molecule has 3 aromatic carbocycles. The van der Waals surface area contributed by atoms with Gasteiger partial charge in [-0.05, 0) is 68.3 Å². The van der Waals surface area contributed by atoms with E-state index in [1.165, 1.54) is 29.2 Å². The van der Waals surface area contributed by atoms with Gasteiger partial charge in [0.05, 0.1) is 16.8 Å². The molecule has 1 amide bonds. The molecule has 0 spiro atoms. The zero-order chi connectivity index (χ0) is 25.0. The molecule has 0 saturated carbocycles. The number of amides is 1. The molecule has 1 N–H and O–H groups in total. The van der Waals surface area contributed by atoms with E-state index in [4.69, 9.17) is 4.74 Å². The van der Waals surface area contributed by atoms with Gasteiger partial charge in [-0.3, -0.25) is 4.79 Å². The van der Waals surface area contributed by atoms with Gasteiger partial charge in [0.25, 0.3) is 5.91 Å². The topological polar surface area (TPSA) is 66.8 Å². The fraction of sp³-hybridized carbons (Fsp3) is 0.231. The second-order valence-electron chi connectivity index (χ2n) is 7.90. The zero-order valence-electron chi connectivity index (χ0n) is 18.9. The molecule has 178 valence electrons. The van der Waals surface area contributed by atoms with Gasteiger partial charge in [-0.1, -0.05) is 31.2 Å². The lowest BCUT2D eigenvalue weighted by molar-refractivity contribution is -0.138. The van der Waals surface area contributed by atoms with Crippen LogP contribution in [-0.4, -0.2) is 23.0 Å². The van der Waals surface area contributed by atoms with Crippen LogP contribution in [-0.2, 0) is 12.6 Å². The molecule has 3 aromatic rings. The number of alkyl halides is 3. The van der Waals surface area contributed by atoms with E-state index in [9.17, 15) is 27.9 Å². The summed E-state index contributed by atoms with van der Waals surface area (Å²) < 4.78 is 45.3. The highest BCUT2D eigenvalue weighted by atomic mass is 19.4. The minimum absolute atomic E-state index is 0.0960. The second kappa shape index (κ2) is 9.99. The third-order valence-electron chi connectivity index (χ3n) is 5.22. The van der Waals surface area contributed by atoms with Gasteiger partial charge in [0.2, 0.25) is 0 Å². The van der Waals surface area contributed by atoms with Crippen LogP contribution in [0, 0.1) is 0 Å². The van der Waals surface area contributed by atoms with Crippen LogP contribution >= 0.6 is 0 Å². The summed E-state index contributed by atoms with van der Waals surface area (Å²) >= 11 is 0. The largest absolute Gasteiger partial charge is 0.478 e. The third kappa shape index (κ3) is 5.39. The molecular formula is C26H24F3NO4. The van der Waals surface area contributed by atoms with Gasteiger partial charge in [0, 0.05) is 11.6 Å². The summed E-state index contributed by atoms with van der Waals surface area (Å²) in [6.45, 7) is 5.48. The molecule has 8 heteroatoms. The predicted molar refractivity (Wildman–Crippen MR) is 123 cm³/mol. The maximum atomic E-state index is 13.3. The van der Waals surface area contributed by atoms with Crippen LogP contribution in [0.5, 0.6) is 11.5 Å². The number of carboxylic acid groups (broad SMARTS) is 1. The highest BCUT2D eigenvalue weighted by Crippen LogP contribution is 2.39. The first-order valence-corrected chi connectivity index (χ1v) is 10.7. The predicted octanol–water partition coefficient (Wildman–Crippen LogP) is 6.81. The summed E-state index contributed by atoms with van der Waals surface area (Å²) in [6.07, 6.45) is -3.83. The minimum Gasteiger partial charge on any atom is -0.478 e. The number of hydrogen-bond donors (Lipinski definition) is 1. The van der Waals surface area contributed by atoms with Crippen molar-refractivity contribution in [3.8, 4) is 11.5 Å². The number of nitrogens with zero attached hydrogens (tertiary/aromatic N) is 1. The molecule has 0 unspecified atom stereocenters. The van der Waals surface area contributed by atoms with Gasteiger partial charge in [-0.25, -0.2) is 4.79 Å². The lowest BCUT2D eigenvalue weighted by Crippen LogP contribution is -2.38. The average Bonchev–Trinajstić information content (AvgIpc) is 2.79. The summed E-state index contributed by atoms with van der Waals surface area (Å²) in [5.41, 5.74) is 0.310. The van der Waals surface area contributed by atoms with Crippen LogP contribution in [0.25, 0.3) is 0 Å². The third-order valence-corrected chi connectivity index (χ3v) is 5.22. The smallest absolute Gasteiger partial charge is 0.419 e. The highest BCUT2D eigenvalue weighted by Gasteiger charge is 2.34. The molecule has 0 aromatic heterocycles. The number of aryl methyl sites for hydroxylation is 1. The lowest BCUT2D eigenvalue weighted by Gasteiger charge is -2.28. The Hall–Kier alpha value is -3.81. The van der Waals surface area contributed by atoms with E-state index in [2.05, 4.69) is 0 Å². The number of para-hydroxylation sites is 1. The van der Waals surface area contributed by atoms with Crippen LogP contribution < -0.4 is 9.64 Å². The Morgan fingerprint density at radius 2 is 1.65 bits per heavy atom. The molecule has 0 radical (unpaired) electrons. The van der Waals surface area contributed by atoms with Gasteiger partial charge in [0.1, 0.15) is 11.5 Å². The van der Waals surface area contributed by atoms with E-state index in [-0.39, 0.29) is 17.0 Å². The van der Waals surface area contributed by atoms with Gasteiger partial charge < -0.3 is 14.7 Å². The van der Waals surface area contributed by atoms with E-state index in [1.54, 1.807) is 26.0 Å². The van der Waals surface area contributed by atoms with Gasteiger partial charge in [0.15, 0.2) is 0 Å². The Kier molecular flexibility index (Phi) is 7.29. The summed E-state index contributed by atoms with van der Waals surface area (Å²) in [5.74, 6) is -2.28. The first-order chi connectivity index (χ1) is 16.0. The number of benzene rings is 3. The summed E-state index contributed by atoms with van der Waals surface area (Å²) in [4.78, 5) is 26.7. The van der Waals surface area contributed by atoms with E-state index < -0.39 is 35.4 Å². The molecule has 0 aliphatic heterocycles. The summed E-state index contributed by atoms with van der Waals surface area (Å²) in [6, 6.07) is 15.1. The van der Waals surface area contributed by atoms with Crippen LogP contribution in [0.15, 0.2) is 66.7 Å². The number of halogens is 3. The number of aromatic carboxylic acids is 1. The summed E-state index contributed by atoms with van der Waals surface area (Å²) in [5, 5.41) is 9.82. The summed E-state index contributed by atoms with van der Waals surface area (Å²) in [7, 11) is 0. The van der Waals surface area contributed by atoms with Gasteiger partial charge in [-0.15, -0.1) is 0 Å². The maximum Gasteiger partial charge on any atom is 0.419 e. The van der Waals surface area contributed by atoms with Crippen molar-refractivity contribution in [1.29, 1.82) is 0 Å². The van der Waals surface area contributed by atoms with Crippen molar-refractivity contribution >= 4 is 17.6 Å². The van der Waals surface area contributed by atoms with Gasteiger partial charge in [-0.2, -0.15) is 13.2 Å². The highest BCUT2D eigenvalue weighted by molar-refractivity contribution is 6.09. The van der Waals surface area contributed by atoms with Crippen molar-refractivity contribution in [2.24, 2.45) is 0 Å². The molecule has 0 aliphatic carbocycles. The second-order valence-corrected chi connectivity index (χ2v) is 7.90. The van der Waals surface area contributed by atoms with E-state index in [1.807, 2.05) is 19.1 Å². The number of carbonyl (C=O) groups is 2. The van der Waals surface area contributed by atoms with E-state index in [0.717, 1.165) is 30.2 Å². The van der Waals surface area contributed by atoms with Crippen molar-refractivity contribution in [1.82, 2.24) is 0 Å². The van der Waals surface area contributed by atoms with Crippen LogP contribution in [0.2, 0.25) is 0 Å². The number of carboxylic acids is 1. The van der Waals surface area contributed by atoms with Crippen molar-refractivity contribution < 1.29 is 32.6 Å². The Balaban J connectivity index is 2.01. The molecule has 0 fully saturated rings. The Bertz CT molecular complexity index is 1190. The lowest BCUT2D eigenvalue weighted by atomic mass is 10.1.